The summed E-state index contributed by atoms with van der Waals surface area (Å²) >= 11 is 0. The minimum absolute atomic E-state index is 0.281. The molecule has 2 nitrogen and oxygen atoms in total. The second kappa shape index (κ2) is 5.30. The Morgan fingerprint density at radius 1 is 1.37 bits per heavy atom. The first-order valence-corrected chi connectivity index (χ1v) is 7.20. The smallest absolute Gasteiger partial charge is 0.143 e. The number of nitrogens with zero attached hydrogens (tertiary/aromatic N) is 1. The fraction of sp³-hybridized carbons (Fsp3) is 0.471. The van der Waals surface area contributed by atoms with Gasteiger partial charge in [-0.3, -0.25) is 9.69 Å². The number of rotatable bonds is 2. The zero-order valence-electron chi connectivity index (χ0n) is 11.5. The summed E-state index contributed by atoms with van der Waals surface area (Å²) in [6, 6.07) is 8.69. The molecule has 0 aromatic heterocycles. The summed E-state index contributed by atoms with van der Waals surface area (Å²) in [5, 5.41) is 0. The van der Waals surface area contributed by atoms with Gasteiger partial charge in [0, 0.05) is 6.54 Å². The topological polar surface area (TPSA) is 20.3 Å². The lowest BCUT2D eigenvalue weighted by Gasteiger charge is -2.36. The van der Waals surface area contributed by atoms with Gasteiger partial charge in [0.2, 0.25) is 0 Å². The van der Waals surface area contributed by atoms with Crippen LogP contribution in [0.1, 0.15) is 24.5 Å². The first kappa shape index (κ1) is 12.6. The lowest BCUT2D eigenvalue weighted by molar-refractivity contribution is -0.118. The summed E-state index contributed by atoms with van der Waals surface area (Å²) < 4.78 is 0. The standard InChI is InChI=1S/C17H21NO/c1-13(19)11-18-9-8-15-7-6-14-4-2-3-5-16(14)10-17(15)12-18/h2-7,15,17H,8-12H2,1H3/t15-,17-/m0/s1. The largest absolute Gasteiger partial charge is 0.299 e. The third-order valence-corrected chi connectivity index (χ3v) is 4.38. The maximum atomic E-state index is 11.3. The Balaban J connectivity index is 1.78. The van der Waals surface area contributed by atoms with Crippen molar-refractivity contribution in [2.45, 2.75) is 19.8 Å². The molecule has 0 spiro atoms. The van der Waals surface area contributed by atoms with E-state index in [1.165, 1.54) is 17.5 Å². The molecule has 2 atom stereocenters. The molecule has 2 aliphatic rings. The van der Waals surface area contributed by atoms with Crippen LogP contribution in [0, 0.1) is 11.8 Å². The van der Waals surface area contributed by atoms with E-state index in [2.05, 4.69) is 41.3 Å². The highest BCUT2D eigenvalue weighted by atomic mass is 16.1. The van der Waals surface area contributed by atoms with Gasteiger partial charge in [-0.05, 0) is 49.3 Å². The molecule has 1 saturated heterocycles. The fourth-order valence-corrected chi connectivity index (χ4v) is 3.45. The van der Waals surface area contributed by atoms with E-state index in [0.717, 1.165) is 19.5 Å². The van der Waals surface area contributed by atoms with Gasteiger partial charge in [-0.2, -0.15) is 0 Å². The molecule has 1 heterocycles. The molecule has 100 valence electrons. The molecule has 0 radical (unpaired) electrons. The summed E-state index contributed by atoms with van der Waals surface area (Å²) in [6.07, 6.45) is 7.01. The highest BCUT2D eigenvalue weighted by Gasteiger charge is 2.29. The van der Waals surface area contributed by atoms with Gasteiger partial charge in [0.15, 0.2) is 0 Å². The van der Waals surface area contributed by atoms with Crippen molar-refractivity contribution in [3.63, 3.8) is 0 Å². The Hall–Kier alpha value is -1.41. The maximum absolute atomic E-state index is 11.3. The number of likely N-dealkylation sites (tertiary alicyclic amines) is 1. The van der Waals surface area contributed by atoms with Crippen LogP contribution in [-0.4, -0.2) is 30.3 Å². The number of hydrogen-bond acceptors (Lipinski definition) is 2. The lowest BCUT2D eigenvalue weighted by atomic mass is 9.82. The molecule has 2 heteroatoms. The van der Waals surface area contributed by atoms with Crippen molar-refractivity contribution < 1.29 is 4.79 Å². The predicted octanol–water partition coefficient (Wildman–Crippen LogP) is 2.78. The van der Waals surface area contributed by atoms with Crippen molar-refractivity contribution in [1.82, 2.24) is 4.90 Å². The van der Waals surface area contributed by atoms with E-state index in [-0.39, 0.29) is 5.78 Å². The average molecular weight is 255 g/mol. The van der Waals surface area contributed by atoms with Gasteiger partial charge < -0.3 is 0 Å². The molecular weight excluding hydrogens is 234 g/mol. The molecule has 1 aromatic carbocycles. The van der Waals surface area contributed by atoms with Crippen molar-refractivity contribution in [3.8, 4) is 0 Å². The number of benzene rings is 1. The Morgan fingerprint density at radius 2 is 2.21 bits per heavy atom. The molecule has 19 heavy (non-hydrogen) atoms. The number of allylic oxidation sites excluding steroid dienone is 1. The Kier molecular flexibility index (Phi) is 3.52. The average Bonchev–Trinajstić information content (AvgIpc) is 2.56. The Bertz CT molecular complexity index is 506. The summed E-state index contributed by atoms with van der Waals surface area (Å²) in [5.41, 5.74) is 2.82. The minimum atomic E-state index is 0.281. The van der Waals surface area contributed by atoms with Crippen LogP contribution in [0.2, 0.25) is 0 Å². The number of fused-ring (bicyclic) bond motifs is 2. The van der Waals surface area contributed by atoms with E-state index < -0.39 is 0 Å². The molecule has 0 unspecified atom stereocenters. The van der Waals surface area contributed by atoms with E-state index in [4.69, 9.17) is 0 Å². The van der Waals surface area contributed by atoms with Crippen LogP contribution in [0.15, 0.2) is 30.3 Å². The van der Waals surface area contributed by atoms with E-state index in [0.29, 0.717) is 18.4 Å². The SMILES string of the molecule is CC(=O)CN1CC[C@@H]2C=Cc3ccccc3C[C@H]2C1. The first-order valence-electron chi connectivity index (χ1n) is 7.20. The minimum Gasteiger partial charge on any atom is -0.299 e. The predicted molar refractivity (Wildman–Crippen MR) is 77.9 cm³/mol. The number of ketones is 1. The lowest BCUT2D eigenvalue weighted by Crippen LogP contribution is -2.42. The first-order chi connectivity index (χ1) is 9.22. The second-order valence-corrected chi connectivity index (χ2v) is 5.91. The van der Waals surface area contributed by atoms with Gasteiger partial charge in [-0.25, -0.2) is 0 Å². The van der Waals surface area contributed by atoms with E-state index in [1.807, 2.05) is 0 Å². The summed E-state index contributed by atoms with van der Waals surface area (Å²) in [5.74, 6) is 1.62. The molecule has 0 amide bonds. The van der Waals surface area contributed by atoms with Crippen molar-refractivity contribution in [3.05, 3.63) is 41.5 Å². The summed E-state index contributed by atoms with van der Waals surface area (Å²) in [6.45, 7) is 4.42. The second-order valence-electron chi connectivity index (χ2n) is 5.91. The normalized spacial score (nSPS) is 26.4. The highest BCUT2D eigenvalue weighted by molar-refractivity contribution is 5.77. The van der Waals surface area contributed by atoms with E-state index in [1.54, 1.807) is 6.92 Å². The molecule has 1 aliphatic carbocycles. The summed E-state index contributed by atoms with van der Waals surface area (Å²) in [7, 11) is 0. The van der Waals surface area contributed by atoms with Gasteiger partial charge in [-0.15, -0.1) is 0 Å². The number of hydrogen-bond donors (Lipinski definition) is 0. The zero-order valence-corrected chi connectivity index (χ0v) is 11.5. The number of piperidine rings is 1. The number of carbonyl (C=O) groups is 1. The highest BCUT2D eigenvalue weighted by Crippen LogP contribution is 2.32. The molecule has 1 aliphatic heterocycles. The molecular formula is C17H21NO. The van der Waals surface area contributed by atoms with Crippen molar-refractivity contribution >= 4 is 11.9 Å². The molecule has 0 N–H and O–H groups in total. The van der Waals surface area contributed by atoms with Crippen molar-refractivity contribution in [1.29, 1.82) is 0 Å². The van der Waals surface area contributed by atoms with Crippen molar-refractivity contribution in [2.75, 3.05) is 19.6 Å². The van der Waals surface area contributed by atoms with Crippen LogP contribution in [0.4, 0.5) is 0 Å². The third-order valence-electron chi connectivity index (χ3n) is 4.38. The quantitative estimate of drug-likeness (QED) is 0.810. The molecule has 0 saturated carbocycles. The van der Waals surface area contributed by atoms with Crippen molar-refractivity contribution in [2.24, 2.45) is 11.8 Å². The maximum Gasteiger partial charge on any atom is 0.143 e. The molecule has 0 bridgehead atoms. The van der Waals surface area contributed by atoms with Gasteiger partial charge >= 0.3 is 0 Å². The van der Waals surface area contributed by atoms with Crippen LogP contribution < -0.4 is 0 Å². The third kappa shape index (κ3) is 2.79. The Morgan fingerprint density at radius 3 is 3.05 bits per heavy atom. The molecule has 1 fully saturated rings. The number of carbonyl (C=O) groups excluding carboxylic acids is 1. The van der Waals surface area contributed by atoms with E-state index >= 15 is 0 Å². The van der Waals surface area contributed by atoms with Gasteiger partial charge in [-0.1, -0.05) is 36.4 Å². The molecule has 3 rings (SSSR count). The van der Waals surface area contributed by atoms with Crippen LogP contribution >= 0.6 is 0 Å². The Labute approximate surface area is 115 Å². The van der Waals surface area contributed by atoms with E-state index in [9.17, 15) is 4.79 Å². The van der Waals surface area contributed by atoms with Gasteiger partial charge in [0.1, 0.15) is 5.78 Å². The molecule has 1 aromatic rings. The van der Waals surface area contributed by atoms with Crippen LogP contribution in [-0.2, 0) is 11.2 Å². The van der Waals surface area contributed by atoms with Crippen LogP contribution in [0.3, 0.4) is 0 Å². The van der Waals surface area contributed by atoms with Gasteiger partial charge in [0.25, 0.3) is 0 Å². The van der Waals surface area contributed by atoms with Crippen LogP contribution in [0.5, 0.6) is 0 Å². The van der Waals surface area contributed by atoms with Crippen LogP contribution in [0.25, 0.3) is 6.08 Å². The van der Waals surface area contributed by atoms with Gasteiger partial charge in [0.05, 0.1) is 6.54 Å². The summed E-state index contributed by atoms with van der Waals surface area (Å²) in [4.78, 5) is 13.6. The zero-order chi connectivity index (χ0) is 13.2. The number of Topliss-reactive ketones (excluding diaryl/α,β-unsaturated/α-hetero) is 1. The monoisotopic (exact) mass is 255 g/mol. The fourth-order valence-electron chi connectivity index (χ4n) is 3.45.